The lowest BCUT2D eigenvalue weighted by molar-refractivity contribution is -0.141. The van der Waals surface area contributed by atoms with Crippen LogP contribution in [0.2, 0.25) is 4.34 Å². The number of rotatable bonds is 3. The normalized spacial score (nSPS) is 22.1. The van der Waals surface area contributed by atoms with Crippen molar-refractivity contribution >= 4 is 34.9 Å². The fourth-order valence-electron chi connectivity index (χ4n) is 2.22. The van der Waals surface area contributed by atoms with Gasteiger partial charge in [0.1, 0.15) is 6.04 Å². The van der Waals surface area contributed by atoms with E-state index in [1.807, 2.05) is 6.07 Å². The van der Waals surface area contributed by atoms with Gasteiger partial charge in [-0.3, -0.25) is 0 Å². The van der Waals surface area contributed by atoms with Crippen molar-refractivity contribution in [3.8, 4) is 0 Å². The highest BCUT2D eigenvalue weighted by molar-refractivity contribution is 7.16. The second-order valence-electron chi connectivity index (χ2n) is 4.74. The number of carbonyl (C=O) groups is 2. The van der Waals surface area contributed by atoms with E-state index in [0.29, 0.717) is 10.9 Å². The molecule has 1 fully saturated rings. The Morgan fingerprint density at radius 1 is 1.55 bits per heavy atom. The first-order chi connectivity index (χ1) is 9.38. The fraction of sp³-hybridized carbons (Fsp3) is 0.500. The van der Waals surface area contributed by atoms with Gasteiger partial charge in [-0.2, -0.15) is 0 Å². The van der Waals surface area contributed by atoms with Crippen LogP contribution in [0, 0.1) is 0 Å². The molecular formula is C12H15ClN2O4S. The van der Waals surface area contributed by atoms with Crippen molar-refractivity contribution in [3.63, 3.8) is 0 Å². The lowest BCUT2D eigenvalue weighted by Crippen LogP contribution is -2.46. The zero-order valence-corrected chi connectivity index (χ0v) is 12.4. The number of urea groups is 1. The molecule has 1 aromatic rings. The van der Waals surface area contributed by atoms with Crippen molar-refractivity contribution in [1.29, 1.82) is 0 Å². The summed E-state index contributed by atoms with van der Waals surface area (Å²) in [5.41, 5.74) is 0. The Hall–Kier alpha value is -1.31. The monoisotopic (exact) mass is 318 g/mol. The third-order valence-electron chi connectivity index (χ3n) is 3.16. The second-order valence-corrected chi connectivity index (χ2v) is 6.54. The number of nitrogens with zero attached hydrogens (tertiary/aromatic N) is 2. The predicted octanol–water partition coefficient (Wildman–Crippen LogP) is 1.47. The molecule has 0 bridgehead atoms. The Morgan fingerprint density at radius 2 is 2.25 bits per heavy atom. The van der Waals surface area contributed by atoms with Crippen LogP contribution in [0.1, 0.15) is 11.3 Å². The molecule has 1 aliphatic rings. The van der Waals surface area contributed by atoms with Gasteiger partial charge in [0.15, 0.2) is 0 Å². The number of likely N-dealkylation sites (tertiary alicyclic amines) is 1. The van der Waals surface area contributed by atoms with E-state index in [4.69, 9.17) is 16.7 Å². The number of amides is 2. The predicted molar refractivity (Wildman–Crippen MR) is 74.9 cm³/mol. The molecule has 0 aromatic carbocycles. The number of aliphatic carboxylic acids is 1. The van der Waals surface area contributed by atoms with Crippen molar-refractivity contribution in [2.24, 2.45) is 0 Å². The largest absolute Gasteiger partial charge is 0.480 e. The van der Waals surface area contributed by atoms with Crippen LogP contribution in [0.5, 0.6) is 0 Å². The minimum Gasteiger partial charge on any atom is -0.480 e. The first-order valence-electron chi connectivity index (χ1n) is 6.05. The van der Waals surface area contributed by atoms with E-state index in [0.717, 1.165) is 4.88 Å². The van der Waals surface area contributed by atoms with Gasteiger partial charge in [-0.1, -0.05) is 11.6 Å². The molecule has 2 N–H and O–H groups in total. The molecule has 1 aromatic heterocycles. The van der Waals surface area contributed by atoms with Crippen LogP contribution in [0.25, 0.3) is 0 Å². The lowest BCUT2D eigenvalue weighted by Gasteiger charge is -2.27. The van der Waals surface area contributed by atoms with Crippen LogP contribution < -0.4 is 0 Å². The lowest BCUT2D eigenvalue weighted by atomic mass is 10.2. The maximum absolute atomic E-state index is 12.3. The van der Waals surface area contributed by atoms with Crippen molar-refractivity contribution in [2.45, 2.75) is 25.1 Å². The zero-order valence-electron chi connectivity index (χ0n) is 10.8. The van der Waals surface area contributed by atoms with Gasteiger partial charge in [-0.05, 0) is 12.1 Å². The van der Waals surface area contributed by atoms with Crippen molar-refractivity contribution in [1.82, 2.24) is 9.80 Å². The first-order valence-corrected chi connectivity index (χ1v) is 7.24. The van der Waals surface area contributed by atoms with Gasteiger partial charge in [-0.25, -0.2) is 9.59 Å². The van der Waals surface area contributed by atoms with Crippen LogP contribution in [0.15, 0.2) is 12.1 Å². The highest BCUT2D eigenvalue weighted by Crippen LogP contribution is 2.24. The molecule has 8 heteroatoms. The Morgan fingerprint density at radius 3 is 2.80 bits per heavy atom. The molecule has 2 rings (SSSR count). The molecule has 110 valence electrons. The molecule has 0 spiro atoms. The molecule has 0 unspecified atom stereocenters. The maximum atomic E-state index is 12.3. The number of halogens is 1. The summed E-state index contributed by atoms with van der Waals surface area (Å²) in [5, 5.41) is 18.6. The number of carbonyl (C=O) groups excluding carboxylic acids is 1. The molecule has 2 atom stereocenters. The van der Waals surface area contributed by atoms with Gasteiger partial charge < -0.3 is 20.0 Å². The van der Waals surface area contributed by atoms with Crippen LogP contribution in [0.4, 0.5) is 4.79 Å². The Kier molecular flexibility index (Phi) is 4.52. The first kappa shape index (κ1) is 15.1. The van der Waals surface area contributed by atoms with E-state index < -0.39 is 24.1 Å². The summed E-state index contributed by atoms with van der Waals surface area (Å²) in [7, 11) is 1.60. The Labute approximate surface area is 125 Å². The summed E-state index contributed by atoms with van der Waals surface area (Å²) in [6.45, 7) is 0.403. The van der Waals surface area contributed by atoms with Crippen molar-refractivity contribution < 1.29 is 19.8 Å². The van der Waals surface area contributed by atoms with E-state index >= 15 is 0 Å². The number of thiophene rings is 1. The quantitative estimate of drug-likeness (QED) is 0.884. The van der Waals surface area contributed by atoms with E-state index in [1.54, 1.807) is 13.1 Å². The summed E-state index contributed by atoms with van der Waals surface area (Å²) >= 11 is 7.20. The number of carboxylic acids is 1. The summed E-state index contributed by atoms with van der Waals surface area (Å²) in [4.78, 5) is 26.9. The minimum absolute atomic E-state index is 0.0470. The van der Waals surface area contributed by atoms with Crippen LogP contribution in [0.3, 0.4) is 0 Å². The summed E-state index contributed by atoms with van der Waals surface area (Å²) in [6.07, 6.45) is -0.718. The van der Waals surface area contributed by atoms with Gasteiger partial charge in [-0.15, -0.1) is 11.3 Å². The van der Waals surface area contributed by atoms with E-state index in [-0.39, 0.29) is 13.0 Å². The van der Waals surface area contributed by atoms with Crippen molar-refractivity contribution in [3.05, 3.63) is 21.3 Å². The Bertz CT molecular complexity index is 521. The molecule has 20 heavy (non-hydrogen) atoms. The minimum atomic E-state index is -1.09. The molecule has 0 radical (unpaired) electrons. The molecule has 1 saturated heterocycles. The molecule has 2 amide bonds. The number of aliphatic hydroxyl groups is 1. The SMILES string of the molecule is CN(Cc1ccc(Cl)s1)C(=O)N1C[C@H](O)C[C@H]1C(=O)O. The smallest absolute Gasteiger partial charge is 0.326 e. The van der Waals surface area contributed by atoms with E-state index in [9.17, 15) is 14.7 Å². The molecular weight excluding hydrogens is 304 g/mol. The highest BCUT2D eigenvalue weighted by atomic mass is 35.5. The number of carboxylic acid groups (broad SMARTS) is 1. The van der Waals surface area contributed by atoms with Gasteiger partial charge in [0.2, 0.25) is 0 Å². The second kappa shape index (κ2) is 5.99. The number of β-amino-alcohol motifs (C(OH)–C–C–N with tert-alkyl or cyclic N) is 1. The average molecular weight is 319 g/mol. The third kappa shape index (κ3) is 3.23. The molecule has 2 heterocycles. The highest BCUT2D eigenvalue weighted by Gasteiger charge is 2.40. The van der Waals surface area contributed by atoms with Crippen LogP contribution in [-0.4, -0.2) is 57.8 Å². The van der Waals surface area contributed by atoms with Crippen LogP contribution >= 0.6 is 22.9 Å². The van der Waals surface area contributed by atoms with Gasteiger partial charge >= 0.3 is 12.0 Å². The van der Waals surface area contributed by atoms with Gasteiger partial charge in [0.25, 0.3) is 0 Å². The van der Waals surface area contributed by atoms with E-state index in [1.165, 1.54) is 21.1 Å². The van der Waals surface area contributed by atoms with Gasteiger partial charge in [0, 0.05) is 24.9 Å². The number of hydrogen-bond acceptors (Lipinski definition) is 4. The zero-order chi connectivity index (χ0) is 14.9. The molecule has 6 nitrogen and oxygen atoms in total. The number of aliphatic hydroxyl groups excluding tert-OH is 1. The van der Waals surface area contributed by atoms with E-state index in [2.05, 4.69) is 0 Å². The summed E-state index contributed by atoms with van der Waals surface area (Å²) in [6, 6.07) is 2.20. The molecule has 0 saturated carbocycles. The average Bonchev–Trinajstić information content (AvgIpc) is 2.94. The van der Waals surface area contributed by atoms with Crippen molar-refractivity contribution in [2.75, 3.05) is 13.6 Å². The maximum Gasteiger partial charge on any atom is 0.326 e. The third-order valence-corrected chi connectivity index (χ3v) is 4.37. The molecule has 1 aliphatic heterocycles. The topological polar surface area (TPSA) is 81.1 Å². The van der Waals surface area contributed by atoms with Crippen LogP contribution in [-0.2, 0) is 11.3 Å². The summed E-state index contributed by atoms with van der Waals surface area (Å²) in [5.74, 6) is -1.09. The fourth-order valence-corrected chi connectivity index (χ4v) is 3.36. The number of hydrogen-bond donors (Lipinski definition) is 2. The van der Waals surface area contributed by atoms with Gasteiger partial charge in [0.05, 0.1) is 17.0 Å². The summed E-state index contributed by atoms with van der Waals surface area (Å²) < 4.78 is 0.640. The Balaban J connectivity index is 2.04. The molecule has 0 aliphatic carbocycles. The standard InChI is InChI=1S/C12H15ClN2O4S/c1-14(6-8-2-3-10(13)20-8)12(19)15-5-7(16)4-9(15)11(17)18/h2-3,7,9,16H,4-6H2,1H3,(H,17,18)/t7-,9+/m1/s1.